The molecule has 1 fully saturated rings. The van der Waals surface area contributed by atoms with Crippen molar-refractivity contribution < 1.29 is 35.5 Å². The van der Waals surface area contributed by atoms with Gasteiger partial charge in [-0.1, -0.05) is 40.9 Å². The van der Waals surface area contributed by atoms with E-state index in [4.69, 9.17) is 34.8 Å². The van der Waals surface area contributed by atoms with Crippen molar-refractivity contribution in [2.75, 3.05) is 6.54 Å². The van der Waals surface area contributed by atoms with Crippen LogP contribution in [0, 0.1) is 0 Å². The van der Waals surface area contributed by atoms with Crippen LogP contribution >= 0.6 is 34.8 Å². The van der Waals surface area contributed by atoms with Crippen LogP contribution in [-0.4, -0.2) is 50.5 Å². The van der Waals surface area contributed by atoms with E-state index in [9.17, 15) is 35.5 Å². The van der Waals surface area contributed by atoms with Crippen LogP contribution in [0.15, 0.2) is 49.4 Å². The van der Waals surface area contributed by atoms with Crippen LogP contribution in [0.1, 0.15) is 28.8 Å². The van der Waals surface area contributed by atoms with Crippen molar-refractivity contribution >= 4 is 40.7 Å². The summed E-state index contributed by atoms with van der Waals surface area (Å²) in [5, 5.41) is 2.52. The molecule has 1 amide bonds. The first-order valence-electron chi connectivity index (χ1n) is 11.0. The molecule has 1 aromatic carbocycles. The zero-order valence-corrected chi connectivity index (χ0v) is 21.7. The number of aromatic nitrogens is 3. The molecule has 0 atom stereocenters. The zero-order chi connectivity index (χ0) is 28.9. The fourth-order valence-electron chi connectivity index (χ4n) is 3.90. The van der Waals surface area contributed by atoms with Crippen molar-refractivity contribution in [3.05, 3.63) is 75.8 Å². The van der Waals surface area contributed by atoms with Gasteiger partial charge in [-0.3, -0.25) is 4.79 Å². The molecule has 1 aliphatic rings. The number of carbonyl (C=O) groups is 1. The monoisotopic (exact) mass is 614 g/mol. The second-order valence-corrected chi connectivity index (χ2v) is 9.83. The van der Waals surface area contributed by atoms with E-state index in [2.05, 4.69) is 16.7 Å². The Morgan fingerprint density at radius 3 is 2.10 bits per heavy atom. The van der Waals surface area contributed by atoms with Crippen molar-refractivity contribution in [3.8, 4) is 16.8 Å². The Morgan fingerprint density at radius 2 is 1.59 bits per heavy atom. The number of hydrogen-bond donors (Lipinski definition) is 0. The van der Waals surface area contributed by atoms with E-state index >= 15 is 0 Å². The van der Waals surface area contributed by atoms with Crippen LogP contribution in [0.2, 0.25) is 15.2 Å². The summed E-state index contributed by atoms with van der Waals surface area (Å²) in [4.78, 5) is 18.8. The molecule has 0 N–H and O–H groups in total. The molecule has 0 aliphatic heterocycles. The molecule has 5 nitrogen and oxygen atoms in total. The van der Waals surface area contributed by atoms with E-state index < -0.39 is 33.6 Å². The third-order valence-corrected chi connectivity index (χ3v) is 6.86. The van der Waals surface area contributed by atoms with Crippen molar-refractivity contribution in [2.24, 2.45) is 0 Å². The molecular weight excluding hydrogens is 600 g/mol. The molecule has 3 aromatic rings. The van der Waals surface area contributed by atoms with Gasteiger partial charge in [0.05, 0.1) is 21.8 Å². The Kier molecular flexibility index (Phi) is 7.69. The second kappa shape index (κ2) is 10.3. The van der Waals surface area contributed by atoms with Crippen molar-refractivity contribution in [3.63, 3.8) is 0 Å². The maximum atomic E-state index is 14.5. The molecule has 1 saturated carbocycles. The minimum Gasteiger partial charge on any atom is -0.332 e. The van der Waals surface area contributed by atoms with Gasteiger partial charge in [0.1, 0.15) is 10.8 Å². The van der Waals surface area contributed by atoms with E-state index in [1.165, 1.54) is 24.7 Å². The molecule has 2 heterocycles. The minimum absolute atomic E-state index is 0.0448. The van der Waals surface area contributed by atoms with Crippen molar-refractivity contribution in [2.45, 2.75) is 36.9 Å². The quantitative estimate of drug-likeness (QED) is 0.154. The number of rotatable bonds is 7. The van der Waals surface area contributed by atoms with Gasteiger partial charge in [0.15, 0.2) is 0 Å². The summed E-state index contributed by atoms with van der Waals surface area (Å²) in [6.45, 7) is 3.96. The Balaban J connectivity index is 1.71. The summed E-state index contributed by atoms with van der Waals surface area (Å²) in [7, 11) is 0. The fourth-order valence-corrected chi connectivity index (χ4v) is 4.74. The lowest BCUT2D eigenvalue weighted by Crippen LogP contribution is -2.50. The largest absolute Gasteiger partial charge is 0.435 e. The number of carbonyl (C=O) groups excluding carboxylic acids is 1. The van der Waals surface area contributed by atoms with Crippen LogP contribution < -0.4 is 0 Å². The molecule has 0 spiro atoms. The summed E-state index contributed by atoms with van der Waals surface area (Å²) in [6, 6.07) is 1.91. The number of benzene rings is 1. The molecule has 0 unspecified atom stereocenters. The lowest BCUT2D eigenvalue weighted by molar-refractivity contribution is -0.348. The fraction of sp³-hybridized carbons (Fsp3) is 0.292. The average molecular weight is 616 g/mol. The Hall–Kier alpha value is -2.83. The van der Waals surface area contributed by atoms with Crippen LogP contribution in [0.4, 0.5) is 30.7 Å². The molecule has 0 radical (unpaired) electrons. The minimum atomic E-state index is -6.34. The summed E-state index contributed by atoms with van der Waals surface area (Å²) < 4.78 is 94.5. The first kappa shape index (κ1) is 29.2. The number of pyridine rings is 1. The first-order chi connectivity index (χ1) is 18.1. The highest BCUT2D eigenvalue weighted by atomic mass is 35.5. The highest BCUT2D eigenvalue weighted by molar-refractivity contribution is 6.38. The Labute approximate surface area is 231 Å². The van der Waals surface area contributed by atoms with Crippen LogP contribution in [0.3, 0.4) is 0 Å². The Morgan fingerprint density at radius 1 is 1.00 bits per heavy atom. The molecule has 1 aliphatic carbocycles. The topological polar surface area (TPSA) is 51.0 Å². The lowest BCUT2D eigenvalue weighted by Gasteiger charge is -2.30. The molecule has 4 rings (SSSR count). The highest BCUT2D eigenvalue weighted by Gasteiger charge is 2.73. The van der Waals surface area contributed by atoms with Crippen LogP contribution in [0.5, 0.6) is 0 Å². The van der Waals surface area contributed by atoms with Gasteiger partial charge in [0, 0.05) is 41.7 Å². The van der Waals surface area contributed by atoms with Gasteiger partial charge < -0.3 is 4.90 Å². The predicted octanol–water partition coefficient (Wildman–Crippen LogP) is 7.97. The molecule has 15 heteroatoms. The number of alkyl halides is 7. The SMILES string of the molecule is C=CCN(C(=O)c1cc(-c2cnn(-c3c(Cl)cc(C(F)(C(F)(F)F)C(F)(F)F)cc3Cl)c2)cnc1Cl)C1CC1. The molecule has 0 bridgehead atoms. The number of nitrogens with zero attached hydrogens (tertiary/aromatic N) is 4. The van der Waals surface area contributed by atoms with Gasteiger partial charge in [-0.05, 0) is 31.0 Å². The number of amides is 1. The van der Waals surface area contributed by atoms with E-state index in [0.29, 0.717) is 17.7 Å². The normalized spacial score (nSPS) is 14.4. The third-order valence-electron chi connectivity index (χ3n) is 5.98. The molecule has 2 aromatic heterocycles. The second-order valence-electron chi connectivity index (χ2n) is 8.66. The predicted molar refractivity (Wildman–Crippen MR) is 131 cm³/mol. The molecular formula is C24H16Cl3F7N4O. The maximum absolute atomic E-state index is 14.5. The summed E-state index contributed by atoms with van der Waals surface area (Å²) in [5.41, 5.74) is -7.04. The highest BCUT2D eigenvalue weighted by Crippen LogP contribution is 2.54. The molecule has 0 saturated heterocycles. The van der Waals surface area contributed by atoms with Crippen molar-refractivity contribution in [1.29, 1.82) is 0 Å². The van der Waals surface area contributed by atoms with E-state index in [1.54, 1.807) is 11.0 Å². The number of hydrogen-bond acceptors (Lipinski definition) is 3. The maximum Gasteiger partial charge on any atom is 0.435 e. The Bertz CT molecular complexity index is 1400. The summed E-state index contributed by atoms with van der Waals surface area (Å²) in [6.07, 6.45) is -5.50. The van der Waals surface area contributed by atoms with Gasteiger partial charge in [0.25, 0.3) is 5.91 Å². The van der Waals surface area contributed by atoms with E-state index in [1.807, 2.05) is 0 Å². The van der Waals surface area contributed by atoms with E-state index in [0.717, 1.165) is 17.5 Å². The van der Waals surface area contributed by atoms with Gasteiger partial charge in [-0.15, -0.1) is 6.58 Å². The standard InChI is InChI=1S/C24H16Cl3F7N4O/c1-2-5-37(15-3-4-15)21(39)16-6-12(9-35-20(16)27)13-10-36-38(11-13)19-17(25)7-14(8-18(19)26)22(28,23(29,30)31)24(32,33)34/h2,6-11,15H,1,3-5H2. The van der Waals surface area contributed by atoms with Gasteiger partial charge >= 0.3 is 18.0 Å². The molecule has 39 heavy (non-hydrogen) atoms. The van der Waals surface area contributed by atoms with Gasteiger partial charge in [0.2, 0.25) is 0 Å². The van der Waals surface area contributed by atoms with Crippen LogP contribution in [-0.2, 0) is 5.67 Å². The molecule has 208 valence electrons. The van der Waals surface area contributed by atoms with Crippen LogP contribution in [0.25, 0.3) is 16.8 Å². The summed E-state index contributed by atoms with van der Waals surface area (Å²) >= 11 is 18.1. The average Bonchev–Trinajstić information content (AvgIpc) is 3.56. The smallest absolute Gasteiger partial charge is 0.332 e. The first-order valence-corrected chi connectivity index (χ1v) is 12.2. The zero-order valence-electron chi connectivity index (χ0n) is 19.4. The van der Waals surface area contributed by atoms with Gasteiger partial charge in [-0.2, -0.15) is 31.4 Å². The number of halogens is 10. The summed E-state index contributed by atoms with van der Waals surface area (Å²) in [5.74, 6) is -0.366. The van der Waals surface area contributed by atoms with Gasteiger partial charge in [-0.25, -0.2) is 14.1 Å². The van der Waals surface area contributed by atoms with Crippen molar-refractivity contribution in [1.82, 2.24) is 19.7 Å². The lowest BCUT2D eigenvalue weighted by atomic mass is 9.94. The van der Waals surface area contributed by atoms with E-state index in [-0.39, 0.29) is 40.5 Å². The third kappa shape index (κ3) is 5.33.